The average molecular weight is 443 g/mol. The molecule has 1 aliphatic rings. The second kappa shape index (κ2) is 8.04. The fourth-order valence-electron chi connectivity index (χ4n) is 3.30. The van der Waals surface area contributed by atoms with Crippen molar-refractivity contribution in [3.8, 4) is 0 Å². The number of halogens is 1. The second-order valence-corrected chi connectivity index (χ2v) is 8.97. The summed E-state index contributed by atoms with van der Waals surface area (Å²) in [6.45, 7) is 0.783. The standard InChI is InChI=1S/C21H19ClN4O3S/c1-26-11-5-10-19(26)25-30(28,29)16-8-4-7-15(13-16)23-21(27)18-12-14-6-2-3-9-17(14)20(22)24-18/h2-4,6-9,12-13H,5,10-11H2,1H3,(H,23,27)/b25-19+. The lowest BCUT2D eigenvalue weighted by Crippen LogP contribution is -2.20. The molecule has 0 bridgehead atoms. The van der Waals surface area contributed by atoms with Crippen molar-refractivity contribution in [2.75, 3.05) is 18.9 Å². The van der Waals surface area contributed by atoms with Crippen molar-refractivity contribution in [2.45, 2.75) is 17.7 Å². The molecular formula is C21H19ClN4O3S. The van der Waals surface area contributed by atoms with Crippen molar-refractivity contribution in [3.63, 3.8) is 0 Å². The van der Waals surface area contributed by atoms with Crippen LogP contribution in [0.4, 0.5) is 5.69 Å². The molecule has 1 fully saturated rings. The number of nitrogens with one attached hydrogen (secondary N) is 1. The first-order chi connectivity index (χ1) is 14.3. The minimum absolute atomic E-state index is 0.0117. The van der Waals surface area contributed by atoms with Crippen LogP contribution in [0, 0.1) is 0 Å². The van der Waals surface area contributed by atoms with Crippen LogP contribution in [0.25, 0.3) is 10.8 Å². The van der Waals surface area contributed by atoms with Gasteiger partial charge in [0.2, 0.25) is 0 Å². The minimum Gasteiger partial charge on any atom is -0.362 e. The van der Waals surface area contributed by atoms with Crippen molar-refractivity contribution in [1.82, 2.24) is 9.88 Å². The maximum Gasteiger partial charge on any atom is 0.284 e. The van der Waals surface area contributed by atoms with E-state index in [4.69, 9.17) is 11.6 Å². The molecule has 2 heterocycles. The van der Waals surface area contributed by atoms with E-state index in [-0.39, 0.29) is 15.7 Å². The Bertz CT molecular complexity index is 1270. The van der Waals surface area contributed by atoms with E-state index in [1.807, 2.05) is 36.2 Å². The first kappa shape index (κ1) is 20.3. The Labute approximate surface area is 179 Å². The van der Waals surface area contributed by atoms with E-state index in [1.54, 1.807) is 18.2 Å². The van der Waals surface area contributed by atoms with Gasteiger partial charge in [-0.25, -0.2) is 4.98 Å². The predicted molar refractivity (Wildman–Crippen MR) is 118 cm³/mol. The van der Waals surface area contributed by atoms with E-state index < -0.39 is 15.9 Å². The molecule has 0 radical (unpaired) electrons. The molecule has 0 aliphatic carbocycles. The topological polar surface area (TPSA) is 91.7 Å². The number of carbonyl (C=O) groups is 1. The van der Waals surface area contributed by atoms with E-state index in [9.17, 15) is 13.2 Å². The van der Waals surface area contributed by atoms with Gasteiger partial charge in [0.25, 0.3) is 15.9 Å². The molecule has 0 spiro atoms. The highest BCUT2D eigenvalue weighted by molar-refractivity contribution is 7.90. The van der Waals surface area contributed by atoms with E-state index in [1.165, 1.54) is 12.1 Å². The number of carbonyl (C=O) groups excluding carboxylic acids is 1. The highest BCUT2D eigenvalue weighted by Gasteiger charge is 2.21. The van der Waals surface area contributed by atoms with Gasteiger partial charge in [0, 0.05) is 31.1 Å². The zero-order chi connectivity index (χ0) is 21.3. The molecule has 9 heteroatoms. The lowest BCUT2D eigenvalue weighted by Gasteiger charge is -2.11. The van der Waals surface area contributed by atoms with Gasteiger partial charge in [0.1, 0.15) is 16.7 Å². The molecule has 30 heavy (non-hydrogen) atoms. The van der Waals surface area contributed by atoms with Gasteiger partial charge >= 0.3 is 0 Å². The lowest BCUT2D eigenvalue weighted by molar-refractivity contribution is 0.102. The fourth-order valence-corrected chi connectivity index (χ4v) is 4.71. The molecule has 2 aromatic carbocycles. The van der Waals surface area contributed by atoms with Crippen LogP contribution < -0.4 is 5.32 Å². The number of sulfonamides is 1. The van der Waals surface area contributed by atoms with Crippen molar-refractivity contribution >= 4 is 49.8 Å². The Balaban J connectivity index is 1.60. The fraction of sp³-hybridized carbons (Fsp3) is 0.190. The van der Waals surface area contributed by atoms with Crippen LogP contribution in [0.1, 0.15) is 23.3 Å². The van der Waals surface area contributed by atoms with E-state index in [0.29, 0.717) is 17.9 Å². The van der Waals surface area contributed by atoms with Gasteiger partial charge in [0.05, 0.1) is 4.90 Å². The molecule has 4 rings (SSSR count). The Morgan fingerprint density at radius 2 is 1.97 bits per heavy atom. The van der Waals surface area contributed by atoms with E-state index in [2.05, 4.69) is 14.7 Å². The zero-order valence-electron chi connectivity index (χ0n) is 16.2. The van der Waals surface area contributed by atoms with Gasteiger partial charge in [-0.2, -0.15) is 8.42 Å². The second-order valence-electron chi connectivity index (χ2n) is 7.01. The SMILES string of the molecule is CN1CCC/C1=N\S(=O)(=O)c1cccc(NC(=O)c2cc3ccccc3c(Cl)n2)c1. The summed E-state index contributed by atoms with van der Waals surface area (Å²) in [6.07, 6.45) is 1.50. The predicted octanol–water partition coefficient (Wildman–Crippen LogP) is 3.95. The molecule has 1 N–H and O–H groups in total. The van der Waals surface area contributed by atoms with Gasteiger partial charge in [-0.05, 0) is 36.1 Å². The van der Waals surface area contributed by atoms with Crippen LogP contribution in [0.5, 0.6) is 0 Å². The highest BCUT2D eigenvalue weighted by Crippen LogP contribution is 2.24. The summed E-state index contributed by atoms with van der Waals surface area (Å²) in [4.78, 5) is 18.7. The number of aromatic nitrogens is 1. The Kier molecular flexibility index (Phi) is 5.44. The smallest absolute Gasteiger partial charge is 0.284 e. The molecule has 0 atom stereocenters. The minimum atomic E-state index is -3.88. The first-order valence-corrected chi connectivity index (χ1v) is 11.2. The summed E-state index contributed by atoms with van der Waals surface area (Å²) in [5, 5.41) is 4.45. The number of hydrogen-bond donors (Lipinski definition) is 1. The number of rotatable bonds is 4. The van der Waals surface area contributed by atoms with Crippen LogP contribution in [-0.4, -0.2) is 43.6 Å². The molecule has 1 aliphatic heterocycles. The van der Waals surface area contributed by atoms with Gasteiger partial charge < -0.3 is 10.2 Å². The Morgan fingerprint density at radius 1 is 1.17 bits per heavy atom. The normalized spacial score (nSPS) is 15.7. The lowest BCUT2D eigenvalue weighted by atomic mass is 10.1. The number of pyridine rings is 1. The molecule has 1 aromatic heterocycles. The van der Waals surface area contributed by atoms with E-state index in [0.717, 1.165) is 23.7 Å². The third-order valence-corrected chi connectivity index (χ3v) is 6.47. The number of fused-ring (bicyclic) bond motifs is 1. The number of benzene rings is 2. The van der Waals surface area contributed by atoms with Gasteiger partial charge in [-0.1, -0.05) is 41.9 Å². The average Bonchev–Trinajstić information content (AvgIpc) is 3.12. The van der Waals surface area contributed by atoms with Crippen molar-refractivity contribution in [1.29, 1.82) is 0 Å². The summed E-state index contributed by atoms with van der Waals surface area (Å²) in [5.41, 5.74) is 0.465. The molecule has 3 aromatic rings. The highest BCUT2D eigenvalue weighted by atomic mass is 35.5. The third kappa shape index (κ3) is 4.15. The maximum absolute atomic E-state index is 12.7. The van der Waals surface area contributed by atoms with Crippen LogP contribution in [0.15, 0.2) is 63.9 Å². The molecule has 0 unspecified atom stereocenters. The number of hydrogen-bond acceptors (Lipinski definition) is 4. The summed E-state index contributed by atoms with van der Waals surface area (Å²) in [6, 6.07) is 15.0. The molecule has 7 nitrogen and oxygen atoms in total. The number of amides is 1. The van der Waals surface area contributed by atoms with Crippen molar-refractivity contribution < 1.29 is 13.2 Å². The summed E-state index contributed by atoms with van der Waals surface area (Å²) < 4.78 is 29.3. The van der Waals surface area contributed by atoms with Gasteiger partial charge in [0.15, 0.2) is 0 Å². The first-order valence-electron chi connectivity index (χ1n) is 9.35. The van der Waals surface area contributed by atoms with Crippen LogP contribution in [0.3, 0.4) is 0 Å². The summed E-state index contributed by atoms with van der Waals surface area (Å²) in [7, 11) is -2.06. The van der Waals surface area contributed by atoms with Gasteiger partial charge in [-0.3, -0.25) is 4.79 Å². The van der Waals surface area contributed by atoms with E-state index >= 15 is 0 Å². The molecule has 1 saturated heterocycles. The summed E-state index contributed by atoms with van der Waals surface area (Å²) >= 11 is 6.20. The number of amidine groups is 1. The quantitative estimate of drug-likeness (QED) is 0.617. The number of nitrogens with zero attached hydrogens (tertiary/aromatic N) is 3. The van der Waals surface area contributed by atoms with Crippen LogP contribution in [-0.2, 0) is 10.0 Å². The van der Waals surface area contributed by atoms with Gasteiger partial charge in [-0.15, -0.1) is 4.40 Å². The van der Waals surface area contributed by atoms with Crippen LogP contribution in [0.2, 0.25) is 5.15 Å². The third-order valence-electron chi connectivity index (χ3n) is 4.88. The zero-order valence-corrected chi connectivity index (χ0v) is 17.7. The molecule has 1 amide bonds. The molecular weight excluding hydrogens is 424 g/mol. The Hall–Kier alpha value is -2.97. The number of anilines is 1. The maximum atomic E-state index is 12.7. The van der Waals surface area contributed by atoms with Crippen LogP contribution >= 0.6 is 11.6 Å². The van der Waals surface area contributed by atoms with Crippen molar-refractivity contribution in [3.05, 3.63) is 65.4 Å². The monoisotopic (exact) mass is 442 g/mol. The molecule has 154 valence electrons. The number of likely N-dealkylation sites (tertiary alicyclic amines) is 1. The Morgan fingerprint density at radius 3 is 2.73 bits per heavy atom. The molecule has 0 saturated carbocycles. The summed E-state index contributed by atoms with van der Waals surface area (Å²) in [5.74, 6) is 0.0542. The van der Waals surface area contributed by atoms with Crippen molar-refractivity contribution in [2.24, 2.45) is 4.40 Å². The largest absolute Gasteiger partial charge is 0.362 e.